The Kier molecular flexibility index (Phi) is 5.51. The van der Waals surface area contributed by atoms with Crippen LogP contribution in [0.15, 0.2) is 47.8 Å². The van der Waals surface area contributed by atoms with Crippen LogP contribution in [0.25, 0.3) is 11.3 Å². The number of ether oxygens (including phenoxy) is 1. The second-order valence-corrected chi connectivity index (χ2v) is 7.80. The number of carbonyl (C=O) groups excluding carboxylic acids is 2. The van der Waals surface area contributed by atoms with Crippen molar-refractivity contribution in [3.8, 4) is 17.0 Å². The Bertz CT molecular complexity index is 1070. The molecule has 2 amide bonds. The molecule has 4 rings (SSSR count). The van der Waals surface area contributed by atoms with Crippen molar-refractivity contribution < 1.29 is 14.3 Å². The van der Waals surface area contributed by atoms with Crippen LogP contribution in [0.2, 0.25) is 5.02 Å². The number of thiazole rings is 1. The third-order valence-corrected chi connectivity index (χ3v) is 5.76. The number of carbonyl (C=O) groups is 2. The molecule has 8 heteroatoms. The zero-order valence-corrected chi connectivity index (χ0v) is 17.2. The Hall–Kier alpha value is -2.90. The lowest BCUT2D eigenvalue weighted by atomic mass is 10.1. The fraction of sp³-hybridized carbons (Fsp3) is 0.190. The van der Waals surface area contributed by atoms with Gasteiger partial charge in [-0.3, -0.25) is 14.9 Å². The van der Waals surface area contributed by atoms with Crippen molar-refractivity contribution in [2.75, 3.05) is 23.9 Å². The summed E-state index contributed by atoms with van der Waals surface area (Å²) in [6, 6.07) is 12.5. The number of hydrogen-bond donors (Lipinski definition) is 1. The molecule has 3 aromatic rings. The van der Waals surface area contributed by atoms with Crippen molar-refractivity contribution in [2.45, 2.75) is 12.8 Å². The van der Waals surface area contributed by atoms with Crippen molar-refractivity contribution in [1.82, 2.24) is 4.98 Å². The van der Waals surface area contributed by atoms with Crippen LogP contribution >= 0.6 is 22.9 Å². The third kappa shape index (κ3) is 4.11. The van der Waals surface area contributed by atoms with Crippen molar-refractivity contribution >= 4 is 45.6 Å². The normalized spacial score (nSPS) is 13.6. The predicted octanol–water partition coefficient (Wildman–Crippen LogP) is 4.85. The van der Waals surface area contributed by atoms with Gasteiger partial charge in [-0.05, 0) is 48.9 Å². The van der Waals surface area contributed by atoms with E-state index in [1.807, 2.05) is 29.6 Å². The first kappa shape index (κ1) is 19.4. The third-order valence-electron chi connectivity index (χ3n) is 4.68. The molecule has 1 N–H and O–H groups in total. The molecule has 2 heterocycles. The lowest BCUT2D eigenvalue weighted by Crippen LogP contribution is -2.24. The minimum Gasteiger partial charge on any atom is -0.497 e. The van der Waals surface area contributed by atoms with Gasteiger partial charge in [0, 0.05) is 29.5 Å². The lowest BCUT2D eigenvalue weighted by Gasteiger charge is -2.18. The molecule has 0 unspecified atom stereocenters. The molecule has 0 aliphatic carbocycles. The monoisotopic (exact) mass is 427 g/mol. The van der Waals surface area contributed by atoms with E-state index >= 15 is 0 Å². The highest BCUT2D eigenvalue weighted by Gasteiger charge is 2.24. The zero-order valence-electron chi connectivity index (χ0n) is 15.6. The van der Waals surface area contributed by atoms with Gasteiger partial charge in [0.1, 0.15) is 5.75 Å². The molecule has 0 bridgehead atoms. The summed E-state index contributed by atoms with van der Waals surface area (Å²) >= 11 is 7.60. The minimum atomic E-state index is -0.301. The van der Waals surface area contributed by atoms with Crippen LogP contribution in [0.3, 0.4) is 0 Å². The summed E-state index contributed by atoms with van der Waals surface area (Å²) in [6.07, 6.45) is 1.29. The summed E-state index contributed by atoms with van der Waals surface area (Å²) in [5.41, 5.74) is 2.70. The van der Waals surface area contributed by atoms with E-state index in [1.54, 1.807) is 30.2 Å². The van der Waals surface area contributed by atoms with E-state index in [0.717, 1.165) is 23.4 Å². The average Bonchev–Trinajstić information content (AvgIpc) is 3.37. The predicted molar refractivity (Wildman–Crippen MR) is 115 cm³/mol. The van der Waals surface area contributed by atoms with Crippen LogP contribution in [0.1, 0.15) is 23.2 Å². The molecule has 1 aliphatic heterocycles. The first-order valence-electron chi connectivity index (χ1n) is 9.06. The number of aromatic nitrogens is 1. The first-order chi connectivity index (χ1) is 14.0. The summed E-state index contributed by atoms with van der Waals surface area (Å²) in [4.78, 5) is 30.8. The second kappa shape index (κ2) is 8.23. The van der Waals surface area contributed by atoms with E-state index in [4.69, 9.17) is 16.3 Å². The Labute approximate surface area is 177 Å². The molecular formula is C21H18ClN3O3S. The van der Waals surface area contributed by atoms with E-state index in [2.05, 4.69) is 10.3 Å². The van der Waals surface area contributed by atoms with E-state index in [0.29, 0.717) is 34.4 Å². The maximum Gasteiger partial charge on any atom is 0.257 e. The van der Waals surface area contributed by atoms with Gasteiger partial charge in [-0.25, -0.2) is 4.98 Å². The maximum atomic E-state index is 12.7. The van der Waals surface area contributed by atoms with Crippen molar-refractivity contribution in [1.29, 1.82) is 0 Å². The van der Waals surface area contributed by atoms with Gasteiger partial charge in [-0.15, -0.1) is 11.3 Å². The van der Waals surface area contributed by atoms with E-state index in [1.165, 1.54) is 11.3 Å². The summed E-state index contributed by atoms with van der Waals surface area (Å²) in [5, 5.41) is 5.65. The summed E-state index contributed by atoms with van der Waals surface area (Å²) in [6.45, 7) is 0.612. The number of nitrogens with one attached hydrogen (secondary N) is 1. The van der Waals surface area contributed by atoms with E-state index < -0.39 is 0 Å². The molecule has 0 atom stereocenters. The number of rotatable bonds is 5. The molecule has 148 valence electrons. The van der Waals surface area contributed by atoms with Gasteiger partial charge in [0.2, 0.25) is 5.91 Å². The fourth-order valence-corrected chi connectivity index (χ4v) is 4.09. The summed E-state index contributed by atoms with van der Waals surface area (Å²) < 4.78 is 5.16. The Morgan fingerprint density at radius 2 is 2.03 bits per heavy atom. The lowest BCUT2D eigenvalue weighted by molar-refractivity contribution is -0.117. The van der Waals surface area contributed by atoms with E-state index in [9.17, 15) is 9.59 Å². The Morgan fingerprint density at radius 1 is 1.24 bits per heavy atom. The number of benzene rings is 2. The number of halogens is 1. The number of methoxy groups -OCH3 is 1. The van der Waals surface area contributed by atoms with Gasteiger partial charge < -0.3 is 9.64 Å². The van der Waals surface area contributed by atoms with Crippen LogP contribution < -0.4 is 15.0 Å². The van der Waals surface area contributed by atoms with Crippen LogP contribution in [0.5, 0.6) is 5.75 Å². The largest absolute Gasteiger partial charge is 0.497 e. The van der Waals surface area contributed by atoms with Gasteiger partial charge in [-0.1, -0.05) is 11.6 Å². The molecule has 1 aliphatic rings. The van der Waals surface area contributed by atoms with Crippen LogP contribution in [-0.4, -0.2) is 30.5 Å². The van der Waals surface area contributed by atoms with Gasteiger partial charge >= 0.3 is 0 Å². The molecule has 0 saturated carbocycles. The quantitative estimate of drug-likeness (QED) is 0.631. The highest BCUT2D eigenvalue weighted by molar-refractivity contribution is 7.14. The van der Waals surface area contributed by atoms with Crippen LogP contribution in [0.4, 0.5) is 10.8 Å². The highest BCUT2D eigenvalue weighted by atomic mass is 35.5. The molecule has 0 spiro atoms. The zero-order chi connectivity index (χ0) is 20.4. The second-order valence-electron chi connectivity index (χ2n) is 6.54. The number of nitrogens with zero attached hydrogens (tertiary/aromatic N) is 2. The Balaban J connectivity index is 1.51. The topological polar surface area (TPSA) is 71.5 Å². The van der Waals surface area contributed by atoms with Crippen molar-refractivity contribution in [3.63, 3.8) is 0 Å². The van der Waals surface area contributed by atoms with Gasteiger partial charge in [0.05, 0.1) is 23.5 Å². The number of anilines is 2. The smallest absolute Gasteiger partial charge is 0.257 e. The van der Waals surface area contributed by atoms with Crippen molar-refractivity contribution in [2.24, 2.45) is 0 Å². The average molecular weight is 428 g/mol. The molecule has 1 saturated heterocycles. The van der Waals surface area contributed by atoms with E-state index in [-0.39, 0.29) is 11.8 Å². The van der Waals surface area contributed by atoms with Gasteiger partial charge in [0.25, 0.3) is 5.91 Å². The fourth-order valence-electron chi connectivity index (χ4n) is 3.16. The number of hydrogen-bond acceptors (Lipinski definition) is 5. The molecule has 1 fully saturated rings. The molecule has 0 radical (unpaired) electrons. The maximum absolute atomic E-state index is 12.7. The standard InChI is InChI=1S/C21H18ClN3O3S/c1-28-15-7-4-13(5-8-15)17-12-29-21(23-17)24-20(27)14-6-9-16(22)18(11-14)25-10-2-3-19(25)26/h4-9,11-12H,2-3,10H2,1H3,(H,23,24,27). The summed E-state index contributed by atoms with van der Waals surface area (Å²) in [7, 11) is 1.62. The van der Waals surface area contributed by atoms with Crippen molar-refractivity contribution in [3.05, 3.63) is 58.4 Å². The SMILES string of the molecule is COc1ccc(-c2csc(NC(=O)c3ccc(Cl)c(N4CCCC4=O)c3)n2)cc1. The van der Waals surface area contributed by atoms with Gasteiger partial charge in [-0.2, -0.15) is 0 Å². The minimum absolute atomic E-state index is 0.0218. The Morgan fingerprint density at radius 3 is 2.72 bits per heavy atom. The molecule has 29 heavy (non-hydrogen) atoms. The molecule has 6 nitrogen and oxygen atoms in total. The highest BCUT2D eigenvalue weighted by Crippen LogP contribution is 2.31. The van der Waals surface area contributed by atoms with Crippen LogP contribution in [0, 0.1) is 0 Å². The first-order valence-corrected chi connectivity index (χ1v) is 10.3. The van der Waals surface area contributed by atoms with Crippen LogP contribution in [-0.2, 0) is 4.79 Å². The molecule has 1 aromatic heterocycles. The summed E-state index contributed by atoms with van der Waals surface area (Å²) in [5.74, 6) is 0.492. The number of amides is 2. The molecular weight excluding hydrogens is 410 g/mol. The van der Waals surface area contributed by atoms with Gasteiger partial charge in [0.15, 0.2) is 5.13 Å². The molecule has 2 aromatic carbocycles.